The molecule has 0 saturated carbocycles. The SMILES string of the molecule is CCC(=O)NCCc1csc([C@H]2CCCN(C(=O)CC)C2)n1. The molecule has 1 aliphatic rings. The van der Waals surface area contributed by atoms with Crippen LogP contribution in [0.25, 0.3) is 0 Å². The second kappa shape index (κ2) is 8.27. The highest BCUT2D eigenvalue weighted by Crippen LogP contribution is 2.29. The van der Waals surface area contributed by atoms with E-state index in [0.29, 0.717) is 25.3 Å². The molecule has 1 aromatic heterocycles. The van der Waals surface area contributed by atoms with Gasteiger partial charge in [0.25, 0.3) is 0 Å². The zero-order chi connectivity index (χ0) is 15.9. The molecule has 1 saturated heterocycles. The van der Waals surface area contributed by atoms with Crippen molar-refractivity contribution in [2.24, 2.45) is 0 Å². The molecule has 122 valence electrons. The van der Waals surface area contributed by atoms with Gasteiger partial charge in [0.15, 0.2) is 0 Å². The first-order valence-corrected chi connectivity index (χ1v) is 9.00. The predicted octanol–water partition coefficient (Wildman–Crippen LogP) is 2.33. The Morgan fingerprint density at radius 3 is 2.95 bits per heavy atom. The van der Waals surface area contributed by atoms with Gasteiger partial charge in [0, 0.05) is 50.2 Å². The summed E-state index contributed by atoms with van der Waals surface area (Å²) in [4.78, 5) is 29.7. The second-order valence-corrected chi connectivity index (χ2v) is 6.55. The summed E-state index contributed by atoms with van der Waals surface area (Å²) in [5, 5.41) is 6.08. The van der Waals surface area contributed by atoms with E-state index in [1.165, 1.54) is 0 Å². The second-order valence-electron chi connectivity index (χ2n) is 5.66. The van der Waals surface area contributed by atoms with Crippen LogP contribution in [0.2, 0.25) is 0 Å². The first kappa shape index (κ1) is 16.9. The van der Waals surface area contributed by atoms with Crippen LogP contribution in [0.5, 0.6) is 0 Å². The van der Waals surface area contributed by atoms with Gasteiger partial charge in [0.2, 0.25) is 11.8 Å². The third-order valence-corrected chi connectivity index (χ3v) is 5.08. The van der Waals surface area contributed by atoms with Gasteiger partial charge in [-0.15, -0.1) is 11.3 Å². The number of thiazole rings is 1. The number of amides is 2. The number of carbonyl (C=O) groups excluding carboxylic acids is 2. The molecule has 5 nitrogen and oxygen atoms in total. The fraction of sp³-hybridized carbons (Fsp3) is 0.688. The van der Waals surface area contributed by atoms with Crippen LogP contribution >= 0.6 is 11.3 Å². The number of rotatable bonds is 6. The minimum Gasteiger partial charge on any atom is -0.356 e. The van der Waals surface area contributed by atoms with E-state index in [1.54, 1.807) is 11.3 Å². The fourth-order valence-corrected chi connectivity index (χ4v) is 3.69. The molecule has 0 unspecified atom stereocenters. The average Bonchev–Trinajstić information content (AvgIpc) is 3.03. The van der Waals surface area contributed by atoms with Crippen LogP contribution in [-0.2, 0) is 16.0 Å². The summed E-state index contributed by atoms with van der Waals surface area (Å²) in [5.41, 5.74) is 1.04. The van der Waals surface area contributed by atoms with E-state index in [0.717, 1.165) is 43.1 Å². The number of hydrogen-bond donors (Lipinski definition) is 1. The van der Waals surface area contributed by atoms with Crippen LogP contribution in [0.4, 0.5) is 0 Å². The minimum absolute atomic E-state index is 0.0800. The van der Waals surface area contributed by atoms with E-state index in [-0.39, 0.29) is 11.8 Å². The van der Waals surface area contributed by atoms with Crippen LogP contribution in [0.3, 0.4) is 0 Å². The molecule has 1 N–H and O–H groups in total. The highest BCUT2D eigenvalue weighted by molar-refractivity contribution is 7.09. The molecule has 0 spiro atoms. The maximum Gasteiger partial charge on any atom is 0.222 e. The number of likely N-dealkylation sites (tertiary alicyclic amines) is 1. The van der Waals surface area contributed by atoms with Gasteiger partial charge in [-0.05, 0) is 12.8 Å². The summed E-state index contributed by atoms with van der Waals surface area (Å²) in [7, 11) is 0. The Balaban J connectivity index is 1.87. The van der Waals surface area contributed by atoms with Gasteiger partial charge in [-0.2, -0.15) is 0 Å². The molecule has 22 heavy (non-hydrogen) atoms. The molecule has 0 radical (unpaired) electrons. The summed E-state index contributed by atoms with van der Waals surface area (Å²) < 4.78 is 0. The molecule has 0 aliphatic carbocycles. The van der Waals surface area contributed by atoms with Crippen molar-refractivity contribution in [1.82, 2.24) is 15.2 Å². The van der Waals surface area contributed by atoms with E-state index >= 15 is 0 Å². The van der Waals surface area contributed by atoms with Gasteiger partial charge in [0.05, 0.1) is 10.7 Å². The van der Waals surface area contributed by atoms with E-state index in [1.807, 2.05) is 18.7 Å². The van der Waals surface area contributed by atoms with Crippen LogP contribution in [0.1, 0.15) is 56.2 Å². The zero-order valence-electron chi connectivity index (χ0n) is 13.4. The van der Waals surface area contributed by atoms with Gasteiger partial charge in [-0.3, -0.25) is 9.59 Å². The Morgan fingerprint density at radius 2 is 2.23 bits per heavy atom. The van der Waals surface area contributed by atoms with E-state index < -0.39 is 0 Å². The number of nitrogens with one attached hydrogen (secondary N) is 1. The monoisotopic (exact) mass is 323 g/mol. The summed E-state index contributed by atoms with van der Waals surface area (Å²) in [5.74, 6) is 0.688. The van der Waals surface area contributed by atoms with E-state index in [9.17, 15) is 9.59 Å². The molecule has 2 rings (SSSR count). The van der Waals surface area contributed by atoms with Crippen LogP contribution < -0.4 is 5.32 Å². The molecular formula is C16H25N3O2S. The molecule has 2 heterocycles. The lowest BCUT2D eigenvalue weighted by Crippen LogP contribution is -2.38. The first-order chi connectivity index (χ1) is 10.6. The van der Waals surface area contributed by atoms with Crippen molar-refractivity contribution in [3.05, 3.63) is 16.1 Å². The lowest BCUT2D eigenvalue weighted by atomic mass is 9.98. The fourth-order valence-electron chi connectivity index (χ4n) is 2.71. The lowest BCUT2D eigenvalue weighted by molar-refractivity contribution is -0.132. The average molecular weight is 323 g/mol. The summed E-state index contributed by atoms with van der Waals surface area (Å²) in [6, 6.07) is 0. The molecular weight excluding hydrogens is 298 g/mol. The third-order valence-electron chi connectivity index (χ3n) is 4.02. The van der Waals surface area contributed by atoms with Gasteiger partial charge >= 0.3 is 0 Å². The molecule has 0 bridgehead atoms. The van der Waals surface area contributed by atoms with Gasteiger partial charge in [0.1, 0.15) is 0 Å². The van der Waals surface area contributed by atoms with Gasteiger partial charge in [-0.25, -0.2) is 4.98 Å². The van der Waals surface area contributed by atoms with Crippen LogP contribution in [-0.4, -0.2) is 41.3 Å². The molecule has 6 heteroatoms. The Hall–Kier alpha value is -1.43. The lowest BCUT2D eigenvalue weighted by Gasteiger charge is -2.31. The Kier molecular flexibility index (Phi) is 6.36. The largest absolute Gasteiger partial charge is 0.356 e. The number of piperidine rings is 1. The Bertz CT molecular complexity index is 515. The van der Waals surface area contributed by atoms with Gasteiger partial charge < -0.3 is 10.2 Å². The highest BCUT2D eigenvalue weighted by Gasteiger charge is 2.25. The van der Waals surface area contributed by atoms with Crippen molar-refractivity contribution in [3.63, 3.8) is 0 Å². The van der Waals surface area contributed by atoms with Gasteiger partial charge in [-0.1, -0.05) is 13.8 Å². The van der Waals surface area contributed by atoms with E-state index in [2.05, 4.69) is 10.7 Å². The maximum absolute atomic E-state index is 11.9. The van der Waals surface area contributed by atoms with Crippen molar-refractivity contribution in [2.75, 3.05) is 19.6 Å². The van der Waals surface area contributed by atoms with Crippen molar-refractivity contribution in [2.45, 2.75) is 51.9 Å². The summed E-state index contributed by atoms with van der Waals surface area (Å²) in [6.07, 6.45) is 4.02. The zero-order valence-corrected chi connectivity index (χ0v) is 14.2. The number of hydrogen-bond acceptors (Lipinski definition) is 4. The van der Waals surface area contributed by atoms with Crippen molar-refractivity contribution < 1.29 is 9.59 Å². The minimum atomic E-state index is 0.0800. The number of aromatic nitrogens is 1. The number of carbonyl (C=O) groups is 2. The Morgan fingerprint density at radius 1 is 1.41 bits per heavy atom. The summed E-state index contributed by atoms with van der Waals surface area (Å²) in [6.45, 7) is 6.08. The van der Waals surface area contributed by atoms with E-state index in [4.69, 9.17) is 4.98 Å². The molecule has 1 aliphatic heterocycles. The molecule has 1 atom stereocenters. The van der Waals surface area contributed by atoms with Crippen LogP contribution in [0.15, 0.2) is 5.38 Å². The topological polar surface area (TPSA) is 62.3 Å². The van der Waals surface area contributed by atoms with Crippen molar-refractivity contribution >= 4 is 23.2 Å². The first-order valence-electron chi connectivity index (χ1n) is 8.12. The quantitative estimate of drug-likeness (QED) is 0.874. The number of nitrogens with zero attached hydrogens (tertiary/aromatic N) is 2. The smallest absolute Gasteiger partial charge is 0.222 e. The predicted molar refractivity (Wildman–Crippen MR) is 88.0 cm³/mol. The van der Waals surface area contributed by atoms with Crippen LogP contribution in [0, 0.1) is 0 Å². The van der Waals surface area contributed by atoms with Crippen molar-refractivity contribution in [3.8, 4) is 0 Å². The molecule has 0 aromatic carbocycles. The summed E-state index contributed by atoms with van der Waals surface area (Å²) >= 11 is 1.68. The molecule has 1 fully saturated rings. The maximum atomic E-state index is 11.9. The molecule has 1 aromatic rings. The molecule has 2 amide bonds. The standard InChI is InChI=1S/C16H25N3O2S/c1-3-14(20)17-8-7-13-11-22-16(18-13)12-6-5-9-19(10-12)15(21)4-2/h11-12H,3-10H2,1-2H3,(H,17,20)/t12-/m0/s1. The Labute approximate surface area is 136 Å². The third kappa shape index (κ3) is 4.53. The van der Waals surface area contributed by atoms with Crippen molar-refractivity contribution in [1.29, 1.82) is 0 Å². The highest BCUT2D eigenvalue weighted by atomic mass is 32.1. The normalized spacial score (nSPS) is 18.3.